The maximum Gasteiger partial charge on any atom is 0.202 e. The zero-order valence-corrected chi connectivity index (χ0v) is 7.44. The van der Waals surface area contributed by atoms with Gasteiger partial charge in [0.25, 0.3) is 0 Å². The molecule has 0 aromatic rings. The Morgan fingerprint density at radius 2 is 2.15 bits per heavy atom. The van der Waals surface area contributed by atoms with Crippen molar-refractivity contribution in [3.05, 3.63) is 11.9 Å². The van der Waals surface area contributed by atoms with Gasteiger partial charge in [-0.05, 0) is 12.8 Å². The zero-order valence-electron chi connectivity index (χ0n) is 7.44. The van der Waals surface area contributed by atoms with Gasteiger partial charge in [-0.25, -0.2) is 0 Å². The fourth-order valence-corrected chi connectivity index (χ4v) is 1.70. The summed E-state index contributed by atoms with van der Waals surface area (Å²) in [5.74, 6) is -0.00287. The Kier molecular flexibility index (Phi) is 2.14. The van der Waals surface area contributed by atoms with Gasteiger partial charge in [-0.2, -0.15) is 0 Å². The van der Waals surface area contributed by atoms with Crippen LogP contribution in [0.2, 0.25) is 0 Å². The van der Waals surface area contributed by atoms with E-state index in [0.717, 1.165) is 25.9 Å². The normalized spacial score (nSPS) is 28.1. The molecule has 1 fully saturated rings. The molecule has 2 rings (SSSR count). The van der Waals surface area contributed by atoms with Crippen molar-refractivity contribution in [3.63, 3.8) is 0 Å². The average molecular weight is 179 g/mol. The van der Waals surface area contributed by atoms with Crippen LogP contribution in [-0.4, -0.2) is 36.0 Å². The van der Waals surface area contributed by atoms with Crippen LogP contribution in [0.3, 0.4) is 0 Å². The molecule has 2 aliphatic rings. The van der Waals surface area contributed by atoms with Gasteiger partial charge in [-0.3, -0.25) is 9.79 Å². The Morgan fingerprint density at radius 3 is 2.85 bits per heavy atom. The minimum Gasteiger partial charge on any atom is -0.367 e. The van der Waals surface area contributed by atoms with E-state index in [0.29, 0.717) is 5.70 Å². The van der Waals surface area contributed by atoms with Crippen LogP contribution >= 0.6 is 0 Å². The number of nitrogens with zero attached hydrogens (tertiary/aromatic N) is 2. The molecule has 4 heteroatoms. The lowest BCUT2D eigenvalue weighted by Crippen LogP contribution is -2.39. The van der Waals surface area contributed by atoms with Gasteiger partial charge in [0.1, 0.15) is 11.7 Å². The monoisotopic (exact) mass is 179 g/mol. The van der Waals surface area contributed by atoms with E-state index in [4.69, 9.17) is 5.73 Å². The van der Waals surface area contributed by atoms with E-state index in [1.807, 2.05) is 0 Å². The minimum atomic E-state index is -0.541. The van der Waals surface area contributed by atoms with E-state index in [1.54, 1.807) is 6.20 Å². The molecule has 1 saturated heterocycles. The van der Waals surface area contributed by atoms with Crippen LogP contribution in [0.15, 0.2) is 16.9 Å². The Balaban J connectivity index is 2.17. The van der Waals surface area contributed by atoms with E-state index >= 15 is 0 Å². The summed E-state index contributed by atoms with van der Waals surface area (Å²) in [6.07, 6.45) is 5.42. The number of aliphatic imine (C=N–C) groups is 1. The fraction of sp³-hybridized carbons (Fsp3) is 0.556. The number of likely N-dealkylation sites (tertiary alicyclic amines) is 1. The van der Waals surface area contributed by atoms with Crippen LogP contribution in [-0.2, 0) is 4.79 Å². The van der Waals surface area contributed by atoms with Crippen LogP contribution in [0, 0.1) is 0 Å². The quantitative estimate of drug-likeness (QED) is 0.611. The van der Waals surface area contributed by atoms with Gasteiger partial charge < -0.3 is 10.6 Å². The number of hydrogen-bond acceptors (Lipinski definition) is 4. The summed E-state index contributed by atoms with van der Waals surface area (Å²) in [6.45, 7) is 1.92. The highest BCUT2D eigenvalue weighted by Gasteiger charge is 2.25. The third-order valence-corrected chi connectivity index (χ3v) is 2.45. The fourth-order valence-electron chi connectivity index (χ4n) is 1.70. The van der Waals surface area contributed by atoms with E-state index in [2.05, 4.69) is 9.89 Å². The van der Waals surface area contributed by atoms with Crippen LogP contribution in [0.1, 0.15) is 12.8 Å². The maximum absolute atomic E-state index is 11.6. The van der Waals surface area contributed by atoms with Crippen LogP contribution in [0.25, 0.3) is 0 Å². The van der Waals surface area contributed by atoms with Crippen molar-refractivity contribution in [2.24, 2.45) is 10.7 Å². The van der Waals surface area contributed by atoms with Gasteiger partial charge in [0.05, 0.1) is 6.20 Å². The Hall–Kier alpha value is -1.16. The van der Waals surface area contributed by atoms with E-state index < -0.39 is 6.04 Å². The lowest BCUT2D eigenvalue weighted by molar-refractivity contribution is -0.116. The predicted molar refractivity (Wildman–Crippen MR) is 50.4 cm³/mol. The largest absolute Gasteiger partial charge is 0.367 e. The predicted octanol–water partition coefficient (Wildman–Crippen LogP) is -0.0956. The molecule has 2 aliphatic heterocycles. The third-order valence-electron chi connectivity index (χ3n) is 2.45. The number of carbonyl (C=O) groups excluding carboxylic acids is 1. The number of nitrogens with two attached hydrogens (primary N) is 1. The first kappa shape index (κ1) is 8.44. The van der Waals surface area contributed by atoms with Gasteiger partial charge in [-0.15, -0.1) is 0 Å². The molecular weight excluding hydrogens is 166 g/mol. The van der Waals surface area contributed by atoms with Crippen molar-refractivity contribution < 1.29 is 4.79 Å². The van der Waals surface area contributed by atoms with Crippen molar-refractivity contribution in [2.45, 2.75) is 18.9 Å². The molecule has 0 amide bonds. The lowest BCUT2D eigenvalue weighted by Gasteiger charge is -2.22. The van der Waals surface area contributed by atoms with Crippen LogP contribution < -0.4 is 5.73 Å². The first-order valence-electron chi connectivity index (χ1n) is 4.57. The van der Waals surface area contributed by atoms with Crippen molar-refractivity contribution in [1.82, 2.24) is 4.90 Å². The number of rotatable bonds is 1. The molecule has 2 N–H and O–H groups in total. The minimum absolute atomic E-state index is 0.00287. The molecule has 70 valence electrons. The number of Topliss-reactive ketones (excluding diaryl/α,β-unsaturated/α-hetero) is 1. The van der Waals surface area contributed by atoms with E-state index in [1.165, 1.54) is 6.21 Å². The van der Waals surface area contributed by atoms with Crippen molar-refractivity contribution >= 4 is 12.0 Å². The van der Waals surface area contributed by atoms with E-state index in [-0.39, 0.29) is 5.78 Å². The second-order valence-electron chi connectivity index (χ2n) is 3.40. The Bertz CT molecular complexity index is 277. The van der Waals surface area contributed by atoms with Gasteiger partial charge in [-0.1, -0.05) is 0 Å². The number of carbonyl (C=O) groups is 1. The standard InChI is InChI=1S/C9H13N3O/c10-7-5-11-6-8(9(7)13)12-3-1-2-4-12/h5-7H,1-4,10H2. The molecule has 13 heavy (non-hydrogen) atoms. The summed E-state index contributed by atoms with van der Waals surface area (Å²) in [7, 11) is 0. The van der Waals surface area contributed by atoms with Gasteiger partial charge in [0, 0.05) is 19.3 Å². The van der Waals surface area contributed by atoms with Crippen molar-refractivity contribution in [2.75, 3.05) is 13.1 Å². The molecule has 0 aromatic carbocycles. The molecule has 0 bridgehead atoms. The van der Waals surface area contributed by atoms with Crippen LogP contribution in [0.5, 0.6) is 0 Å². The third kappa shape index (κ3) is 1.49. The van der Waals surface area contributed by atoms with Gasteiger partial charge in [0.15, 0.2) is 0 Å². The molecule has 0 spiro atoms. The highest BCUT2D eigenvalue weighted by molar-refractivity contribution is 6.10. The Morgan fingerprint density at radius 1 is 1.46 bits per heavy atom. The van der Waals surface area contributed by atoms with Gasteiger partial charge >= 0.3 is 0 Å². The first-order valence-corrected chi connectivity index (χ1v) is 4.57. The van der Waals surface area contributed by atoms with E-state index in [9.17, 15) is 4.79 Å². The summed E-state index contributed by atoms with van der Waals surface area (Å²) in [6, 6.07) is -0.541. The smallest absolute Gasteiger partial charge is 0.202 e. The van der Waals surface area contributed by atoms with Crippen LogP contribution in [0.4, 0.5) is 0 Å². The second-order valence-corrected chi connectivity index (χ2v) is 3.40. The van der Waals surface area contributed by atoms with Crippen molar-refractivity contribution in [3.8, 4) is 0 Å². The molecule has 1 unspecified atom stereocenters. The first-order chi connectivity index (χ1) is 6.29. The molecule has 0 radical (unpaired) electrons. The highest BCUT2D eigenvalue weighted by atomic mass is 16.1. The Labute approximate surface area is 77.1 Å². The molecule has 0 saturated carbocycles. The average Bonchev–Trinajstić information content (AvgIpc) is 2.62. The topological polar surface area (TPSA) is 58.7 Å². The highest BCUT2D eigenvalue weighted by Crippen LogP contribution is 2.17. The molecule has 1 atom stereocenters. The summed E-state index contributed by atoms with van der Waals surface area (Å²) in [5.41, 5.74) is 6.26. The summed E-state index contributed by atoms with van der Waals surface area (Å²) in [4.78, 5) is 17.6. The number of hydrogen-bond donors (Lipinski definition) is 1. The second kappa shape index (κ2) is 3.30. The van der Waals surface area contributed by atoms with Crippen molar-refractivity contribution in [1.29, 1.82) is 0 Å². The molecule has 4 nitrogen and oxygen atoms in total. The molecule has 0 aliphatic carbocycles. The maximum atomic E-state index is 11.6. The molecular formula is C9H13N3O. The summed E-state index contributed by atoms with van der Waals surface area (Å²) in [5, 5.41) is 0. The van der Waals surface area contributed by atoms with Gasteiger partial charge in [0.2, 0.25) is 5.78 Å². The lowest BCUT2D eigenvalue weighted by atomic mass is 10.1. The molecule has 2 heterocycles. The zero-order chi connectivity index (χ0) is 9.26. The summed E-state index contributed by atoms with van der Waals surface area (Å²) >= 11 is 0. The summed E-state index contributed by atoms with van der Waals surface area (Å²) < 4.78 is 0. The SMILES string of the molecule is NC1C=NC=C(N2CCCC2)C1=O. The number of ketones is 1. The molecule has 0 aromatic heterocycles.